The third kappa shape index (κ3) is 2.39. The molecule has 1 saturated heterocycles. The molecule has 3 nitrogen and oxygen atoms in total. The maximum absolute atomic E-state index is 5.73. The Labute approximate surface area is 102 Å². The number of piperidine rings is 1. The largest absolute Gasteiger partial charge is 0.490 e. The summed E-state index contributed by atoms with van der Waals surface area (Å²) in [6, 6.07) is 6.41. The van der Waals surface area contributed by atoms with E-state index in [1.807, 2.05) is 0 Å². The van der Waals surface area contributed by atoms with Crippen LogP contribution < -0.4 is 14.8 Å². The molecule has 1 aromatic rings. The third-order valence-electron chi connectivity index (χ3n) is 3.54. The highest BCUT2D eigenvalue weighted by atomic mass is 16.5. The molecule has 0 saturated carbocycles. The number of rotatable bonds is 1. The van der Waals surface area contributed by atoms with Crippen molar-refractivity contribution in [2.75, 3.05) is 26.3 Å². The fourth-order valence-corrected chi connectivity index (χ4v) is 2.57. The molecule has 2 aliphatic heterocycles. The van der Waals surface area contributed by atoms with Gasteiger partial charge in [0.1, 0.15) is 0 Å². The Morgan fingerprint density at radius 1 is 1.06 bits per heavy atom. The first kappa shape index (κ1) is 10.9. The SMILES string of the molecule is c1cc2c(cc1C1CCCNC1)OCCCO2. The summed E-state index contributed by atoms with van der Waals surface area (Å²) in [5, 5.41) is 3.45. The van der Waals surface area contributed by atoms with Crippen LogP contribution in [0.1, 0.15) is 30.7 Å². The maximum atomic E-state index is 5.73. The van der Waals surface area contributed by atoms with Gasteiger partial charge < -0.3 is 14.8 Å². The number of nitrogens with one attached hydrogen (secondary N) is 1. The lowest BCUT2D eigenvalue weighted by Gasteiger charge is -2.23. The van der Waals surface area contributed by atoms with E-state index in [0.29, 0.717) is 5.92 Å². The molecule has 2 heterocycles. The van der Waals surface area contributed by atoms with Gasteiger partial charge in [-0.3, -0.25) is 0 Å². The van der Waals surface area contributed by atoms with E-state index in [4.69, 9.17) is 9.47 Å². The molecule has 3 rings (SSSR count). The van der Waals surface area contributed by atoms with Gasteiger partial charge in [0.25, 0.3) is 0 Å². The molecule has 1 N–H and O–H groups in total. The van der Waals surface area contributed by atoms with E-state index < -0.39 is 0 Å². The Balaban J connectivity index is 1.83. The van der Waals surface area contributed by atoms with Crippen LogP contribution in [0.5, 0.6) is 11.5 Å². The number of benzene rings is 1. The predicted octanol–water partition coefficient (Wildman–Crippen LogP) is 2.31. The molecule has 1 aromatic carbocycles. The van der Waals surface area contributed by atoms with Crippen molar-refractivity contribution in [2.24, 2.45) is 0 Å². The van der Waals surface area contributed by atoms with E-state index in [2.05, 4.69) is 23.5 Å². The van der Waals surface area contributed by atoms with E-state index in [1.165, 1.54) is 18.4 Å². The van der Waals surface area contributed by atoms with Gasteiger partial charge in [-0.1, -0.05) is 6.07 Å². The van der Waals surface area contributed by atoms with E-state index in [9.17, 15) is 0 Å². The summed E-state index contributed by atoms with van der Waals surface area (Å²) in [7, 11) is 0. The van der Waals surface area contributed by atoms with Gasteiger partial charge in [-0.25, -0.2) is 0 Å². The maximum Gasteiger partial charge on any atom is 0.161 e. The van der Waals surface area contributed by atoms with Crippen molar-refractivity contribution in [2.45, 2.75) is 25.2 Å². The lowest BCUT2D eigenvalue weighted by molar-refractivity contribution is 0.297. The van der Waals surface area contributed by atoms with Gasteiger partial charge >= 0.3 is 0 Å². The fraction of sp³-hybridized carbons (Fsp3) is 0.571. The summed E-state index contributed by atoms with van der Waals surface area (Å²) in [6.07, 6.45) is 3.50. The van der Waals surface area contributed by atoms with Crippen molar-refractivity contribution in [3.8, 4) is 11.5 Å². The number of hydrogen-bond acceptors (Lipinski definition) is 3. The Kier molecular flexibility index (Phi) is 3.18. The summed E-state index contributed by atoms with van der Waals surface area (Å²) >= 11 is 0. The Morgan fingerprint density at radius 3 is 2.76 bits per heavy atom. The average molecular weight is 233 g/mol. The molecule has 3 heteroatoms. The molecule has 92 valence electrons. The molecule has 0 aliphatic carbocycles. The van der Waals surface area contributed by atoms with Crippen molar-refractivity contribution in [1.82, 2.24) is 5.32 Å². The Hall–Kier alpha value is -1.22. The Morgan fingerprint density at radius 2 is 1.94 bits per heavy atom. The van der Waals surface area contributed by atoms with Gasteiger partial charge in [0, 0.05) is 13.0 Å². The highest BCUT2D eigenvalue weighted by molar-refractivity contribution is 5.44. The van der Waals surface area contributed by atoms with E-state index in [0.717, 1.165) is 44.2 Å². The van der Waals surface area contributed by atoms with E-state index >= 15 is 0 Å². The molecule has 1 fully saturated rings. The molecule has 0 aromatic heterocycles. The second kappa shape index (κ2) is 4.96. The van der Waals surface area contributed by atoms with Gasteiger partial charge in [-0.15, -0.1) is 0 Å². The molecular weight excluding hydrogens is 214 g/mol. The van der Waals surface area contributed by atoms with Gasteiger partial charge in [-0.05, 0) is 43.0 Å². The van der Waals surface area contributed by atoms with Crippen molar-refractivity contribution in [3.63, 3.8) is 0 Å². The minimum atomic E-state index is 0.626. The third-order valence-corrected chi connectivity index (χ3v) is 3.54. The smallest absolute Gasteiger partial charge is 0.161 e. The summed E-state index contributed by atoms with van der Waals surface area (Å²) in [4.78, 5) is 0. The van der Waals surface area contributed by atoms with E-state index in [-0.39, 0.29) is 0 Å². The molecule has 2 aliphatic rings. The molecule has 1 atom stereocenters. The zero-order valence-corrected chi connectivity index (χ0v) is 10.1. The monoisotopic (exact) mass is 233 g/mol. The van der Waals surface area contributed by atoms with Crippen LogP contribution in [-0.2, 0) is 0 Å². The van der Waals surface area contributed by atoms with Crippen LogP contribution in [0.4, 0.5) is 0 Å². The van der Waals surface area contributed by atoms with Crippen LogP contribution in [-0.4, -0.2) is 26.3 Å². The minimum absolute atomic E-state index is 0.626. The predicted molar refractivity (Wildman–Crippen MR) is 66.9 cm³/mol. The molecule has 1 unspecified atom stereocenters. The van der Waals surface area contributed by atoms with Crippen LogP contribution in [0, 0.1) is 0 Å². The standard InChI is InChI=1S/C14H19NO2/c1-3-12(10-15-6-1)11-4-5-13-14(9-11)17-8-2-7-16-13/h4-5,9,12,15H,1-3,6-8,10H2. The van der Waals surface area contributed by atoms with Crippen molar-refractivity contribution < 1.29 is 9.47 Å². The summed E-state index contributed by atoms with van der Waals surface area (Å²) in [6.45, 7) is 3.76. The van der Waals surface area contributed by atoms with Crippen LogP contribution in [0.2, 0.25) is 0 Å². The molecule has 0 radical (unpaired) electrons. The van der Waals surface area contributed by atoms with Crippen LogP contribution in [0.15, 0.2) is 18.2 Å². The van der Waals surface area contributed by atoms with Gasteiger partial charge in [0.2, 0.25) is 0 Å². The first-order valence-corrected chi connectivity index (χ1v) is 6.54. The number of fused-ring (bicyclic) bond motifs is 1. The molecule has 17 heavy (non-hydrogen) atoms. The lowest BCUT2D eigenvalue weighted by Crippen LogP contribution is -2.28. The van der Waals surface area contributed by atoms with Gasteiger partial charge in [-0.2, -0.15) is 0 Å². The molecular formula is C14H19NO2. The lowest BCUT2D eigenvalue weighted by atomic mass is 9.91. The van der Waals surface area contributed by atoms with Crippen LogP contribution >= 0.6 is 0 Å². The highest BCUT2D eigenvalue weighted by Crippen LogP contribution is 2.34. The summed E-state index contributed by atoms with van der Waals surface area (Å²) in [5.74, 6) is 2.45. The first-order chi connectivity index (χ1) is 8.43. The highest BCUT2D eigenvalue weighted by Gasteiger charge is 2.18. The minimum Gasteiger partial charge on any atom is -0.490 e. The normalized spacial score (nSPS) is 24.1. The zero-order chi connectivity index (χ0) is 11.5. The van der Waals surface area contributed by atoms with Crippen LogP contribution in [0.3, 0.4) is 0 Å². The molecule has 0 bridgehead atoms. The quantitative estimate of drug-likeness (QED) is 0.807. The Bertz CT molecular complexity index is 386. The fourth-order valence-electron chi connectivity index (χ4n) is 2.57. The topological polar surface area (TPSA) is 30.5 Å². The van der Waals surface area contributed by atoms with Gasteiger partial charge in [0.05, 0.1) is 13.2 Å². The van der Waals surface area contributed by atoms with Crippen molar-refractivity contribution >= 4 is 0 Å². The van der Waals surface area contributed by atoms with E-state index in [1.54, 1.807) is 0 Å². The summed E-state index contributed by atoms with van der Waals surface area (Å²) < 4.78 is 11.4. The molecule has 0 amide bonds. The number of hydrogen-bond donors (Lipinski definition) is 1. The van der Waals surface area contributed by atoms with Gasteiger partial charge in [0.15, 0.2) is 11.5 Å². The summed E-state index contributed by atoms with van der Waals surface area (Å²) in [5.41, 5.74) is 1.38. The van der Waals surface area contributed by atoms with Crippen molar-refractivity contribution in [1.29, 1.82) is 0 Å². The second-order valence-corrected chi connectivity index (χ2v) is 4.80. The van der Waals surface area contributed by atoms with Crippen molar-refractivity contribution in [3.05, 3.63) is 23.8 Å². The van der Waals surface area contributed by atoms with Crippen LogP contribution in [0.25, 0.3) is 0 Å². The number of ether oxygens (including phenoxy) is 2. The zero-order valence-electron chi connectivity index (χ0n) is 10.1. The second-order valence-electron chi connectivity index (χ2n) is 4.80. The first-order valence-electron chi connectivity index (χ1n) is 6.54. The average Bonchev–Trinajstić information content (AvgIpc) is 2.64. The molecule has 0 spiro atoms.